The van der Waals surface area contributed by atoms with E-state index in [4.69, 9.17) is 25.6 Å². The first-order chi connectivity index (χ1) is 14.2. The van der Waals surface area contributed by atoms with E-state index in [1.54, 1.807) is 0 Å². The van der Waals surface area contributed by atoms with Crippen molar-refractivity contribution in [3.05, 3.63) is 46.8 Å². The standard InChI is InChI=1S/C23H31ClN2O3/c1-2-27-23(17-28-23)22-16-21(29-25-22)10-6-7-15-26(19-8-4-3-5-9-19)20-13-11-18(24)12-14-20/h11-14,16,19H,2-10,15,17H2,1H3. The molecule has 0 spiro atoms. The molecule has 2 heterocycles. The average molecular weight is 419 g/mol. The lowest BCUT2D eigenvalue weighted by Gasteiger charge is -2.36. The summed E-state index contributed by atoms with van der Waals surface area (Å²) in [6.07, 6.45) is 9.66. The lowest BCUT2D eigenvalue weighted by molar-refractivity contribution is -0.0463. The molecule has 1 unspecified atom stereocenters. The van der Waals surface area contributed by atoms with Crippen LogP contribution in [0.4, 0.5) is 5.69 Å². The molecule has 1 saturated heterocycles. The molecule has 0 radical (unpaired) electrons. The second-order valence-electron chi connectivity index (χ2n) is 8.07. The number of aryl methyl sites for hydroxylation is 1. The molecule has 0 bridgehead atoms. The Morgan fingerprint density at radius 2 is 1.93 bits per heavy atom. The summed E-state index contributed by atoms with van der Waals surface area (Å²) >= 11 is 6.10. The first-order valence-electron chi connectivity index (χ1n) is 11.0. The van der Waals surface area contributed by atoms with Crippen LogP contribution in [-0.4, -0.2) is 31.0 Å². The van der Waals surface area contributed by atoms with Crippen molar-refractivity contribution >= 4 is 17.3 Å². The Morgan fingerprint density at radius 1 is 1.17 bits per heavy atom. The van der Waals surface area contributed by atoms with Crippen LogP contribution < -0.4 is 4.90 Å². The Bertz CT molecular complexity index is 767. The first-order valence-corrected chi connectivity index (χ1v) is 11.3. The average Bonchev–Trinajstić information content (AvgIpc) is 3.37. The van der Waals surface area contributed by atoms with Crippen LogP contribution in [0.5, 0.6) is 0 Å². The second kappa shape index (κ2) is 9.50. The van der Waals surface area contributed by atoms with Gasteiger partial charge in [-0.3, -0.25) is 0 Å². The van der Waals surface area contributed by atoms with E-state index in [2.05, 4.69) is 22.2 Å². The van der Waals surface area contributed by atoms with Gasteiger partial charge in [0.25, 0.3) is 0 Å². The van der Waals surface area contributed by atoms with Crippen molar-refractivity contribution in [2.75, 3.05) is 24.7 Å². The highest BCUT2D eigenvalue weighted by atomic mass is 35.5. The van der Waals surface area contributed by atoms with Crippen molar-refractivity contribution < 1.29 is 14.0 Å². The number of hydrogen-bond acceptors (Lipinski definition) is 5. The van der Waals surface area contributed by atoms with Gasteiger partial charge in [0.2, 0.25) is 5.79 Å². The predicted molar refractivity (Wildman–Crippen MR) is 114 cm³/mol. The topological polar surface area (TPSA) is 51.0 Å². The molecule has 0 N–H and O–H groups in total. The maximum atomic E-state index is 6.10. The zero-order chi connectivity index (χ0) is 20.1. The predicted octanol–water partition coefficient (Wildman–Crippen LogP) is 5.71. The second-order valence-corrected chi connectivity index (χ2v) is 8.51. The molecule has 1 aromatic heterocycles. The molecule has 5 nitrogen and oxygen atoms in total. The Kier molecular flexibility index (Phi) is 6.78. The Balaban J connectivity index is 1.31. The van der Waals surface area contributed by atoms with Crippen molar-refractivity contribution in [2.45, 2.75) is 70.1 Å². The lowest BCUT2D eigenvalue weighted by Crippen LogP contribution is -2.37. The van der Waals surface area contributed by atoms with E-state index in [9.17, 15) is 0 Å². The quantitative estimate of drug-likeness (QED) is 0.365. The van der Waals surface area contributed by atoms with E-state index in [1.165, 1.54) is 37.8 Å². The molecule has 0 amide bonds. The van der Waals surface area contributed by atoms with Crippen LogP contribution in [0.1, 0.15) is 63.3 Å². The SMILES string of the molecule is CCOC1(c2cc(CCCCN(c3ccc(Cl)cc3)C3CCCCC3)on2)CO1. The number of ether oxygens (including phenoxy) is 2. The van der Waals surface area contributed by atoms with Crippen LogP contribution in [0.15, 0.2) is 34.9 Å². The summed E-state index contributed by atoms with van der Waals surface area (Å²) in [6.45, 7) is 4.18. The van der Waals surface area contributed by atoms with Gasteiger partial charge in [0.15, 0.2) is 0 Å². The maximum absolute atomic E-state index is 6.10. The molecule has 2 aromatic rings. The molecule has 158 valence electrons. The van der Waals surface area contributed by atoms with Gasteiger partial charge < -0.3 is 18.9 Å². The number of benzene rings is 1. The van der Waals surface area contributed by atoms with Crippen LogP contribution in [0.2, 0.25) is 5.02 Å². The minimum absolute atomic E-state index is 0.560. The summed E-state index contributed by atoms with van der Waals surface area (Å²) in [6, 6.07) is 10.9. The molecule has 1 aliphatic carbocycles. The van der Waals surface area contributed by atoms with Gasteiger partial charge in [-0.15, -0.1) is 0 Å². The van der Waals surface area contributed by atoms with E-state index in [1.807, 2.05) is 25.1 Å². The normalized spacial score (nSPS) is 22.0. The first kappa shape index (κ1) is 20.7. The fourth-order valence-electron chi connectivity index (χ4n) is 4.34. The van der Waals surface area contributed by atoms with Gasteiger partial charge in [-0.05, 0) is 56.9 Å². The van der Waals surface area contributed by atoms with Crippen molar-refractivity contribution in [3.63, 3.8) is 0 Å². The minimum Gasteiger partial charge on any atom is -0.369 e. The van der Waals surface area contributed by atoms with Crippen molar-refractivity contribution in [1.29, 1.82) is 0 Å². The molecule has 2 fully saturated rings. The minimum atomic E-state index is -0.650. The number of anilines is 1. The maximum Gasteiger partial charge on any atom is 0.240 e. The van der Waals surface area contributed by atoms with Gasteiger partial charge in [-0.2, -0.15) is 0 Å². The zero-order valence-corrected chi connectivity index (χ0v) is 18.0. The smallest absolute Gasteiger partial charge is 0.240 e. The summed E-state index contributed by atoms with van der Waals surface area (Å²) in [5, 5.41) is 4.96. The molecule has 29 heavy (non-hydrogen) atoms. The summed E-state index contributed by atoms with van der Waals surface area (Å²) in [5.74, 6) is 0.258. The van der Waals surface area contributed by atoms with Crippen molar-refractivity contribution in [2.24, 2.45) is 0 Å². The summed E-state index contributed by atoms with van der Waals surface area (Å²) in [5.41, 5.74) is 2.05. The van der Waals surface area contributed by atoms with E-state index in [0.29, 0.717) is 19.3 Å². The van der Waals surface area contributed by atoms with Gasteiger partial charge in [0.1, 0.15) is 18.1 Å². The van der Waals surface area contributed by atoms with Crippen molar-refractivity contribution in [1.82, 2.24) is 5.16 Å². The number of aromatic nitrogens is 1. The summed E-state index contributed by atoms with van der Waals surface area (Å²) in [4.78, 5) is 2.59. The summed E-state index contributed by atoms with van der Waals surface area (Å²) < 4.78 is 16.6. The van der Waals surface area contributed by atoms with E-state index in [-0.39, 0.29) is 0 Å². The fourth-order valence-corrected chi connectivity index (χ4v) is 4.47. The molecular formula is C23H31ClN2O3. The number of epoxide rings is 1. The van der Waals surface area contributed by atoms with Crippen LogP contribution >= 0.6 is 11.6 Å². The molecule has 1 saturated carbocycles. The Labute approximate surface area is 178 Å². The molecular weight excluding hydrogens is 388 g/mol. The number of hydrogen-bond donors (Lipinski definition) is 0. The van der Waals surface area contributed by atoms with Crippen LogP contribution in [0, 0.1) is 0 Å². The fraction of sp³-hybridized carbons (Fsp3) is 0.609. The Morgan fingerprint density at radius 3 is 2.62 bits per heavy atom. The van der Waals surface area contributed by atoms with E-state index < -0.39 is 5.79 Å². The van der Waals surface area contributed by atoms with Gasteiger partial charge in [-0.25, -0.2) is 0 Å². The van der Waals surface area contributed by atoms with Gasteiger partial charge in [0.05, 0.1) is 0 Å². The van der Waals surface area contributed by atoms with Gasteiger partial charge >= 0.3 is 0 Å². The number of unbranched alkanes of at least 4 members (excludes halogenated alkanes) is 1. The third-order valence-electron chi connectivity index (χ3n) is 5.98. The number of halogens is 1. The highest BCUT2D eigenvalue weighted by Gasteiger charge is 2.50. The molecule has 1 atom stereocenters. The zero-order valence-electron chi connectivity index (χ0n) is 17.2. The van der Waals surface area contributed by atoms with Crippen LogP contribution in [0.25, 0.3) is 0 Å². The highest BCUT2D eigenvalue weighted by Crippen LogP contribution is 2.39. The molecule has 4 rings (SSSR count). The number of rotatable bonds is 10. The molecule has 1 aromatic carbocycles. The monoisotopic (exact) mass is 418 g/mol. The van der Waals surface area contributed by atoms with Crippen molar-refractivity contribution in [3.8, 4) is 0 Å². The molecule has 2 aliphatic rings. The largest absolute Gasteiger partial charge is 0.369 e. The number of nitrogens with zero attached hydrogens (tertiary/aromatic N) is 2. The third-order valence-corrected chi connectivity index (χ3v) is 6.23. The lowest BCUT2D eigenvalue weighted by atomic mass is 9.93. The van der Waals surface area contributed by atoms with Crippen LogP contribution in [-0.2, 0) is 21.7 Å². The highest BCUT2D eigenvalue weighted by molar-refractivity contribution is 6.30. The van der Waals surface area contributed by atoms with Gasteiger partial charge in [0, 0.05) is 42.4 Å². The molecule has 6 heteroatoms. The van der Waals surface area contributed by atoms with Gasteiger partial charge in [-0.1, -0.05) is 36.0 Å². The molecule has 1 aliphatic heterocycles. The van der Waals surface area contributed by atoms with E-state index in [0.717, 1.165) is 42.3 Å². The van der Waals surface area contributed by atoms with E-state index >= 15 is 0 Å². The summed E-state index contributed by atoms with van der Waals surface area (Å²) in [7, 11) is 0. The van der Waals surface area contributed by atoms with Crippen LogP contribution in [0.3, 0.4) is 0 Å². The Hall–Kier alpha value is -1.56. The third kappa shape index (κ3) is 5.14.